The molecule has 1 aliphatic carbocycles. The predicted molar refractivity (Wildman–Crippen MR) is 97.3 cm³/mol. The van der Waals surface area contributed by atoms with Gasteiger partial charge < -0.3 is 5.32 Å². The van der Waals surface area contributed by atoms with E-state index in [9.17, 15) is 18.8 Å². The quantitative estimate of drug-likeness (QED) is 0.799. The fourth-order valence-corrected chi connectivity index (χ4v) is 3.58. The van der Waals surface area contributed by atoms with E-state index in [4.69, 9.17) is 0 Å². The number of amides is 3. The molecular formula is C21H19FN2O3. The van der Waals surface area contributed by atoms with Gasteiger partial charge in [-0.2, -0.15) is 0 Å². The zero-order chi connectivity index (χ0) is 19.0. The van der Waals surface area contributed by atoms with Crippen molar-refractivity contribution in [1.82, 2.24) is 5.32 Å². The summed E-state index contributed by atoms with van der Waals surface area (Å²) in [6.07, 6.45) is 1.49. The van der Waals surface area contributed by atoms with Crippen LogP contribution in [0.4, 0.5) is 10.1 Å². The van der Waals surface area contributed by atoms with Crippen molar-refractivity contribution in [2.75, 3.05) is 5.32 Å². The molecule has 0 bridgehead atoms. The third kappa shape index (κ3) is 3.89. The van der Waals surface area contributed by atoms with Gasteiger partial charge in [0.25, 0.3) is 0 Å². The second kappa shape index (κ2) is 6.95. The summed E-state index contributed by atoms with van der Waals surface area (Å²) in [6.45, 7) is 0. The Hall–Kier alpha value is -3.02. The molecule has 1 saturated carbocycles. The van der Waals surface area contributed by atoms with Crippen molar-refractivity contribution < 1.29 is 18.8 Å². The van der Waals surface area contributed by atoms with Crippen LogP contribution in [0.15, 0.2) is 48.5 Å². The fraction of sp³-hybridized carbons (Fsp3) is 0.286. The Labute approximate surface area is 156 Å². The Morgan fingerprint density at radius 1 is 1.07 bits per heavy atom. The van der Waals surface area contributed by atoms with Crippen molar-refractivity contribution in [2.45, 2.75) is 25.2 Å². The zero-order valence-corrected chi connectivity index (χ0v) is 14.6. The van der Waals surface area contributed by atoms with Crippen molar-refractivity contribution in [2.24, 2.45) is 11.8 Å². The van der Waals surface area contributed by atoms with Gasteiger partial charge in [0.1, 0.15) is 5.82 Å². The van der Waals surface area contributed by atoms with Gasteiger partial charge >= 0.3 is 0 Å². The molecule has 5 nitrogen and oxygen atoms in total. The van der Waals surface area contributed by atoms with E-state index in [2.05, 4.69) is 10.6 Å². The largest absolute Gasteiger partial charge is 0.326 e. The van der Waals surface area contributed by atoms with Gasteiger partial charge in [0.2, 0.25) is 17.7 Å². The highest BCUT2D eigenvalue weighted by Gasteiger charge is 2.43. The van der Waals surface area contributed by atoms with Gasteiger partial charge in [0.05, 0.1) is 5.92 Å². The average molecular weight is 366 g/mol. The van der Waals surface area contributed by atoms with Crippen LogP contribution >= 0.6 is 0 Å². The molecule has 2 aromatic carbocycles. The van der Waals surface area contributed by atoms with E-state index >= 15 is 0 Å². The van der Waals surface area contributed by atoms with Crippen LogP contribution in [-0.4, -0.2) is 17.7 Å². The summed E-state index contributed by atoms with van der Waals surface area (Å²) in [7, 11) is 0. The van der Waals surface area contributed by atoms with Crippen LogP contribution in [-0.2, 0) is 20.8 Å². The number of benzene rings is 2. The number of rotatable bonds is 5. The molecule has 2 aliphatic rings. The van der Waals surface area contributed by atoms with Gasteiger partial charge in [0, 0.05) is 18.0 Å². The van der Waals surface area contributed by atoms with E-state index in [0.717, 1.165) is 17.5 Å². The number of carbonyl (C=O) groups is 3. The summed E-state index contributed by atoms with van der Waals surface area (Å²) in [6, 6.07) is 13.6. The molecule has 1 aliphatic heterocycles. The van der Waals surface area contributed by atoms with Crippen LogP contribution in [0, 0.1) is 17.7 Å². The van der Waals surface area contributed by atoms with Gasteiger partial charge in [-0.15, -0.1) is 0 Å². The topological polar surface area (TPSA) is 75.3 Å². The first-order valence-electron chi connectivity index (χ1n) is 8.98. The minimum Gasteiger partial charge on any atom is -0.326 e. The highest BCUT2D eigenvalue weighted by molar-refractivity contribution is 6.03. The average Bonchev–Trinajstić information content (AvgIpc) is 3.38. The van der Waals surface area contributed by atoms with E-state index in [1.165, 1.54) is 12.1 Å². The number of imide groups is 1. The Bertz CT molecular complexity index is 893. The van der Waals surface area contributed by atoms with Crippen molar-refractivity contribution in [1.29, 1.82) is 0 Å². The van der Waals surface area contributed by atoms with E-state index in [1.54, 1.807) is 24.3 Å². The molecule has 3 atom stereocenters. The maximum absolute atomic E-state index is 13.0. The SMILES string of the molecule is O=C1C[C@H](Cc2ccc(NC(=O)[C@H]3C[C@H]3c3ccc(F)cc3)cc2)C(=O)N1. The first-order valence-corrected chi connectivity index (χ1v) is 8.98. The predicted octanol–water partition coefficient (Wildman–Crippen LogP) is 2.77. The highest BCUT2D eigenvalue weighted by atomic mass is 19.1. The van der Waals surface area contributed by atoms with Crippen LogP contribution in [0.5, 0.6) is 0 Å². The van der Waals surface area contributed by atoms with Gasteiger partial charge in [-0.1, -0.05) is 24.3 Å². The van der Waals surface area contributed by atoms with Gasteiger partial charge in [-0.3, -0.25) is 19.7 Å². The molecule has 2 aromatic rings. The number of carbonyl (C=O) groups excluding carboxylic acids is 3. The Kier molecular flexibility index (Phi) is 4.48. The van der Waals surface area contributed by atoms with Crippen molar-refractivity contribution >= 4 is 23.4 Å². The van der Waals surface area contributed by atoms with Gasteiger partial charge in [-0.25, -0.2) is 4.39 Å². The number of halogens is 1. The minimum atomic E-state index is -0.319. The summed E-state index contributed by atoms with van der Waals surface area (Å²) in [4.78, 5) is 35.3. The molecule has 1 saturated heterocycles. The lowest BCUT2D eigenvalue weighted by Crippen LogP contribution is -2.22. The fourth-order valence-electron chi connectivity index (χ4n) is 3.58. The Morgan fingerprint density at radius 3 is 2.41 bits per heavy atom. The van der Waals surface area contributed by atoms with E-state index in [-0.39, 0.29) is 47.7 Å². The summed E-state index contributed by atoms with van der Waals surface area (Å²) in [5, 5.41) is 5.21. The molecule has 0 unspecified atom stereocenters. The lowest BCUT2D eigenvalue weighted by atomic mass is 9.98. The Morgan fingerprint density at radius 2 is 1.78 bits per heavy atom. The lowest BCUT2D eigenvalue weighted by Gasteiger charge is -2.09. The number of hydrogen-bond acceptors (Lipinski definition) is 3. The molecule has 0 radical (unpaired) electrons. The molecule has 138 valence electrons. The number of hydrogen-bond donors (Lipinski definition) is 2. The molecule has 4 rings (SSSR count). The second-order valence-electron chi connectivity index (χ2n) is 7.20. The molecule has 0 spiro atoms. The summed E-state index contributed by atoms with van der Waals surface area (Å²) in [5.41, 5.74) is 2.62. The van der Waals surface area contributed by atoms with Crippen molar-refractivity contribution in [3.05, 3.63) is 65.5 Å². The summed E-state index contributed by atoms with van der Waals surface area (Å²) >= 11 is 0. The smallest absolute Gasteiger partial charge is 0.230 e. The maximum Gasteiger partial charge on any atom is 0.230 e. The van der Waals surface area contributed by atoms with Gasteiger partial charge in [-0.05, 0) is 54.2 Å². The second-order valence-corrected chi connectivity index (χ2v) is 7.20. The van der Waals surface area contributed by atoms with E-state index < -0.39 is 0 Å². The Balaban J connectivity index is 1.32. The normalized spacial score (nSPS) is 23.8. The number of anilines is 1. The monoisotopic (exact) mass is 366 g/mol. The van der Waals surface area contributed by atoms with Crippen LogP contribution in [0.3, 0.4) is 0 Å². The van der Waals surface area contributed by atoms with Crippen molar-refractivity contribution in [3.63, 3.8) is 0 Å². The van der Waals surface area contributed by atoms with Crippen molar-refractivity contribution in [3.8, 4) is 0 Å². The molecular weight excluding hydrogens is 347 g/mol. The molecule has 2 fully saturated rings. The molecule has 27 heavy (non-hydrogen) atoms. The standard InChI is InChI=1S/C21H19FN2O3/c22-15-5-3-13(4-6-15)17-11-18(17)21(27)23-16-7-1-12(2-8-16)9-14-10-19(25)24-20(14)26/h1-8,14,17-18H,9-11H2,(H,23,27)(H,24,25,26)/t14-,17-,18-/m0/s1. The first kappa shape index (κ1) is 17.4. The van der Waals surface area contributed by atoms with E-state index in [0.29, 0.717) is 12.1 Å². The first-order chi connectivity index (χ1) is 13.0. The highest BCUT2D eigenvalue weighted by Crippen LogP contribution is 2.48. The maximum atomic E-state index is 13.0. The van der Waals surface area contributed by atoms with Crippen LogP contribution < -0.4 is 10.6 Å². The third-order valence-corrected chi connectivity index (χ3v) is 5.19. The lowest BCUT2D eigenvalue weighted by molar-refractivity contribution is -0.125. The molecule has 1 heterocycles. The minimum absolute atomic E-state index is 0.0437. The van der Waals surface area contributed by atoms with E-state index in [1.807, 2.05) is 12.1 Å². The molecule has 2 N–H and O–H groups in total. The molecule has 6 heteroatoms. The zero-order valence-electron chi connectivity index (χ0n) is 14.6. The summed E-state index contributed by atoms with van der Waals surface area (Å²) in [5.74, 6) is -1.04. The van der Waals surface area contributed by atoms with Crippen LogP contribution in [0.1, 0.15) is 29.9 Å². The summed E-state index contributed by atoms with van der Waals surface area (Å²) < 4.78 is 13.0. The van der Waals surface area contributed by atoms with Gasteiger partial charge in [0.15, 0.2) is 0 Å². The molecule has 0 aromatic heterocycles. The van der Waals surface area contributed by atoms with Crippen LogP contribution in [0.2, 0.25) is 0 Å². The third-order valence-electron chi connectivity index (χ3n) is 5.19. The van der Waals surface area contributed by atoms with Crippen LogP contribution in [0.25, 0.3) is 0 Å². The molecule has 3 amide bonds. The number of nitrogens with one attached hydrogen (secondary N) is 2.